The van der Waals surface area contributed by atoms with E-state index in [1.807, 2.05) is 0 Å². The molecule has 0 bridgehead atoms. The van der Waals surface area contributed by atoms with Crippen LogP contribution < -0.4 is 4.90 Å². The summed E-state index contributed by atoms with van der Waals surface area (Å²) in [7, 11) is 0. The first-order valence-corrected chi connectivity index (χ1v) is 16.0. The van der Waals surface area contributed by atoms with Crippen LogP contribution in [0.15, 0.2) is 162 Å². The predicted octanol–water partition coefficient (Wildman–Crippen LogP) is 11.3. The second-order valence-electron chi connectivity index (χ2n) is 12.7. The molecule has 218 valence electrons. The van der Waals surface area contributed by atoms with E-state index >= 15 is 0 Å². The van der Waals surface area contributed by atoms with Crippen LogP contribution in [-0.2, 0) is 0 Å². The van der Waals surface area contributed by atoms with Gasteiger partial charge in [0.2, 0.25) is 0 Å². The minimum atomic E-state index is -0.244. The third-order valence-corrected chi connectivity index (χ3v) is 10.2. The van der Waals surface area contributed by atoms with E-state index < -0.39 is 0 Å². The lowest BCUT2D eigenvalue weighted by atomic mass is 9.77. The van der Waals surface area contributed by atoms with E-state index in [0.717, 1.165) is 33.2 Å². The molecule has 0 saturated heterocycles. The summed E-state index contributed by atoms with van der Waals surface area (Å²) in [6.07, 6.45) is 7.19. The van der Waals surface area contributed by atoms with Gasteiger partial charge in [0.1, 0.15) is 11.2 Å². The van der Waals surface area contributed by atoms with Gasteiger partial charge in [-0.2, -0.15) is 0 Å². The third-order valence-electron chi connectivity index (χ3n) is 10.2. The minimum absolute atomic E-state index is 0.167. The lowest BCUT2D eigenvalue weighted by Crippen LogP contribution is -2.42. The topological polar surface area (TPSA) is 21.3 Å². The fourth-order valence-electron chi connectivity index (χ4n) is 8.13. The molecule has 2 aliphatic rings. The van der Waals surface area contributed by atoms with Gasteiger partial charge in [-0.25, -0.2) is 0 Å². The molecule has 1 aliphatic heterocycles. The lowest BCUT2D eigenvalue weighted by Gasteiger charge is -2.40. The molecule has 6 aromatic carbocycles. The molecular weight excluding hydrogens is 560 g/mol. The Morgan fingerprint density at radius 1 is 0.609 bits per heavy atom. The molecule has 0 fully saturated rings. The van der Waals surface area contributed by atoms with Gasteiger partial charge in [-0.3, -0.25) is 0 Å². The van der Waals surface area contributed by atoms with Gasteiger partial charge < -0.3 is 13.9 Å². The van der Waals surface area contributed by atoms with Crippen molar-refractivity contribution in [2.45, 2.75) is 18.4 Å². The first-order valence-electron chi connectivity index (χ1n) is 16.0. The summed E-state index contributed by atoms with van der Waals surface area (Å²) in [5, 5.41) is 4.78. The second-order valence-corrected chi connectivity index (χ2v) is 12.7. The number of para-hydroxylation sites is 5. The third kappa shape index (κ3) is 3.43. The van der Waals surface area contributed by atoms with Crippen molar-refractivity contribution >= 4 is 60.7 Å². The summed E-state index contributed by atoms with van der Waals surface area (Å²) in [4.78, 5) is 2.50. The quantitative estimate of drug-likeness (QED) is 0.204. The number of rotatable bonds is 3. The van der Waals surface area contributed by atoms with Gasteiger partial charge in [0.15, 0.2) is 0 Å². The summed E-state index contributed by atoms with van der Waals surface area (Å²) in [5.41, 5.74) is 11.2. The molecule has 0 amide bonds. The van der Waals surface area contributed by atoms with Crippen molar-refractivity contribution in [3.63, 3.8) is 0 Å². The average Bonchev–Trinajstić information content (AvgIpc) is 3.73. The SMILES string of the molecule is CC12C=CC(c3cc(-n4c5ccccc5c5ccccc54)cc4c3oc3ccccc34)=CC1c1ccccc1N2c1ccccc1. The second kappa shape index (κ2) is 9.35. The highest BCUT2D eigenvalue weighted by Crippen LogP contribution is 2.55. The Morgan fingerprint density at radius 2 is 1.26 bits per heavy atom. The summed E-state index contributed by atoms with van der Waals surface area (Å²) in [6.45, 7) is 2.36. The largest absolute Gasteiger partial charge is 0.455 e. The van der Waals surface area contributed by atoms with Gasteiger partial charge >= 0.3 is 0 Å². The smallest absolute Gasteiger partial charge is 0.143 e. The number of benzene rings is 6. The molecule has 0 radical (unpaired) electrons. The number of fused-ring (bicyclic) bond motifs is 9. The van der Waals surface area contributed by atoms with Crippen LogP contribution in [0.1, 0.15) is 24.0 Å². The molecular formula is C43H30N2O. The van der Waals surface area contributed by atoms with Gasteiger partial charge in [-0.05, 0) is 66.6 Å². The molecule has 8 aromatic rings. The average molecular weight is 591 g/mol. The Bertz CT molecular complexity index is 2510. The van der Waals surface area contributed by atoms with Crippen LogP contribution in [0.5, 0.6) is 0 Å². The van der Waals surface area contributed by atoms with Crippen LogP contribution in [0.25, 0.3) is 55.0 Å². The van der Waals surface area contributed by atoms with E-state index in [-0.39, 0.29) is 11.5 Å². The Balaban J connectivity index is 1.24. The van der Waals surface area contributed by atoms with Crippen molar-refractivity contribution in [1.29, 1.82) is 0 Å². The van der Waals surface area contributed by atoms with Crippen molar-refractivity contribution < 1.29 is 4.42 Å². The zero-order valence-corrected chi connectivity index (χ0v) is 25.4. The van der Waals surface area contributed by atoms with Gasteiger partial charge in [-0.15, -0.1) is 0 Å². The highest BCUT2D eigenvalue weighted by molar-refractivity contribution is 6.12. The maximum atomic E-state index is 6.69. The first-order chi connectivity index (χ1) is 22.7. The molecule has 0 spiro atoms. The lowest BCUT2D eigenvalue weighted by molar-refractivity contribution is 0.543. The predicted molar refractivity (Wildman–Crippen MR) is 191 cm³/mol. The maximum Gasteiger partial charge on any atom is 0.143 e. The normalized spacial score (nSPS) is 18.8. The van der Waals surface area contributed by atoms with Crippen molar-refractivity contribution in [2.24, 2.45) is 0 Å². The molecule has 3 heteroatoms. The number of aromatic nitrogens is 1. The fraction of sp³-hybridized carbons (Fsp3) is 0.0698. The van der Waals surface area contributed by atoms with Crippen LogP contribution in [-0.4, -0.2) is 10.1 Å². The molecule has 0 N–H and O–H groups in total. The van der Waals surface area contributed by atoms with Gasteiger partial charge in [0, 0.05) is 50.1 Å². The molecule has 0 saturated carbocycles. The highest BCUT2D eigenvalue weighted by Gasteiger charge is 2.47. The van der Waals surface area contributed by atoms with E-state index in [1.165, 1.54) is 44.3 Å². The summed E-state index contributed by atoms with van der Waals surface area (Å²) in [5.74, 6) is 0.167. The van der Waals surface area contributed by atoms with Gasteiger partial charge in [0.05, 0.1) is 16.6 Å². The van der Waals surface area contributed by atoms with Crippen molar-refractivity contribution in [2.75, 3.05) is 4.90 Å². The molecule has 2 aromatic heterocycles. The van der Waals surface area contributed by atoms with E-state index in [1.54, 1.807) is 0 Å². The Kier molecular flexibility index (Phi) is 5.19. The van der Waals surface area contributed by atoms with Crippen molar-refractivity contribution in [1.82, 2.24) is 4.57 Å². The number of nitrogens with zero attached hydrogens (tertiary/aromatic N) is 2. The Morgan fingerprint density at radius 3 is 2.04 bits per heavy atom. The standard InChI is InChI=1S/C43H30N2O/c1-43-24-23-28(25-37(43)34-18-7-11-21-40(34)45(43)29-13-3-2-4-14-29)35-26-30(27-36-33-17-8-12-22-41(33)46-42(35)36)44-38-19-9-5-15-31(38)32-16-6-10-20-39(32)44/h2-27,37H,1H3. The molecule has 46 heavy (non-hydrogen) atoms. The number of hydrogen-bond acceptors (Lipinski definition) is 2. The van der Waals surface area contributed by atoms with E-state index in [9.17, 15) is 0 Å². The summed E-state index contributed by atoms with van der Waals surface area (Å²) < 4.78 is 9.10. The monoisotopic (exact) mass is 590 g/mol. The summed E-state index contributed by atoms with van der Waals surface area (Å²) in [6, 6.07) is 50.1. The zero-order chi connectivity index (χ0) is 30.4. The van der Waals surface area contributed by atoms with E-state index in [4.69, 9.17) is 4.42 Å². The maximum absolute atomic E-state index is 6.69. The minimum Gasteiger partial charge on any atom is -0.455 e. The number of allylic oxidation sites excluding steroid dienone is 2. The molecule has 10 rings (SSSR count). The van der Waals surface area contributed by atoms with Gasteiger partial charge in [-0.1, -0.05) is 109 Å². The molecule has 1 aliphatic carbocycles. The van der Waals surface area contributed by atoms with Gasteiger partial charge in [0.25, 0.3) is 0 Å². The van der Waals surface area contributed by atoms with E-state index in [0.29, 0.717) is 0 Å². The molecule has 2 unspecified atom stereocenters. The molecule has 2 atom stereocenters. The van der Waals surface area contributed by atoms with Crippen LogP contribution in [0.3, 0.4) is 0 Å². The summed E-state index contributed by atoms with van der Waals surface area (Å²) >= 11 is 0. The fourth-order valence-corrected chi connectivity index (χ4v) is 8.13. The molecule has 3 nitrogen and oxygen atoms in total. The van der Waals surface area contributed by atoms with Crippen molar-refractivity contribution in [3.8, 4) is 5.69 Å². The van der Waals surface area contributed by atoms with E-state index in [2.05, 4.69) is 174 Å². The first kappa shape index (κ1) is 25.5. The number of hydrogen-bond donors (Lipinski definition) is 0. The van der Waals surface area contributed by atoms with Crippen LogP contribution >= 0.6 is 0 Å². The van der Waals surface area contributed by atoms with Crippen LogP contribution in [0.2, 0.25) is 0 Å². The Hall–Kier alpha value is -5.80. The van der Waals surface area contributed by atoms with Crippen molar-refractivity contribution in [3.05, 3.63) is 169 Å². The number of anilines is 2. The van der Waals surface area contributed by atoms with Crippen LogP contribution in [0.4, 0.5) is 11.4 Å². The molecule has 3 heterocycles. The Labute approximate surface area is 266 Å². The van der Waals surface area contributed by atoms with Crippen LogP contribution in [0, 0.1) is 0 Å². The zero-order valence-electron chi connectivity index (χ0n) is 25.4. The highest BCUT2D eigenvalue weighted by atomic mass is 16.3. The number of furan rings is 1.